The largest absolute Gasteiger partial charge is 0.481 e. The summed E-state index contributed by atoms with van der Waals surface area (Å²) in [6.45, 7) is 0.743. The van der Waals surface area contributed by atoms with Gasteiger partial charge in [-0.2, -0.15) is 0 Å². The van der Waals surface area contributed by atoms with E-state index < -0.39 is 65.8 Å². The monoisotopic (exact) mass is 422 g/mol. The highest BCUT2D eigenvalue weighted by Gasteiger charge is 2.62. The highest BCUT2D eigenvalue weighted by atomic mass is 16.7. The average Bonchev–Trinajstić information content (AvgIpc) is 2.62. The minimum absolute atomic E-state index is 0.724. The van der Waals surface area contributed by atoms with E-state index in [1.54, 1.807) is 0 Å². The van der Waals surface area contributed by atoms with Gasteiger partial charge in [0.2, 0.25) is 5.60 Å². The maximum absolute atomic E-state index is 12.3. The van der Waals surface area contributed by atoms with Crippen LogP contribution in [0.3, 0.4) is 0 Å². The van der Waals surface area contributed by atoms with Crippen LogP contribution in [0.2, 0.25) is 0 Å². The lowest BCUT2D eigenvalue weighted by atomic mass is 9.94. The molecule has 2 N–H and O–H groups in total. The summed E-state index contributed by atoms with van der Waals surface area (Å²) in [4.78, 5) is 82.2. The Labute approximate surface area is 162 Å². The Kier molecular flexibility index (Phi) is 8.72. The van der Waals surface area contributed by atoms with E-state index in [1.165, 1.54) is 0 Å². The highest BCUT2D eigenvalue weighted by molar-refractivity contribution is 6.23. The second-order valence-corrected chi connectivity index (χ2v) is 5.27. The molecule has 0 bridgehead atoms. The Balaban J connectivity index is 6.23. The molecule has 0 aromatic rings. The predicted octanol–water partition coefficient (Wildman–Crippen LogP) is -1.96. The molecule has 0 amide bonds. The van der Waals surface area contributed by atoms with Gasteiger partial charge in [0.1, 0.15) is 0 Å². The van der Waals surface area contributed by atoms with Crippen molar-refractivity contribution < 1.29 is 67.5 Å². The maximum Gasteiger partial charge on any atom is 0.400 e. The first-order valence-corrected chi connectivity index (χ1v) is 7.44. The Hall–Kier alpha value is -3.71. The second kappa shape index (κ2) is 10.0. The van der Waals surface area contributed by atoms with E-state index in [2.05, 4.69) is 23.7 Å². The third-order valence-electron chi connectivity index (χ3n) is 3.28. The zero-order valence-electron chi connectivity index (χ0n) is 15.7. The van der Waals surface area contributed by atoms with Gasteiger partial charge in [-0.15, -0.1) is 0 Å². The average molecular weight is 422 g/mol. The molecule has 162 valence electrons. The van der Waals surface area contributed by atoms with Crippen molar-refractivity contribution in [1.29, 1.82) is 0 Å². The summed E-state index contributed by atoms with van der Waals surface area (Å²) in [5, 5.41) is 18.2. The van der Waals surface area contributed by atoms with Crippen molar-refractivity contribution in [3.05, 3.63) is 0 Å². The van der Waals surface area contributed by atoms with E-state index in [-0.39, 0.29) is 0 Å². The van der Waals surface area contributed by atoms with Crippen molar-refractivity contribution in [3.63, 3.8) is 0 Å². The Morgan fingerprint density at radius 2 is 1.14 bits per heavy atom. The molecular formula is C15H18O14. The molecule has 0 radical (unpaired) electrons. The van der Waals surface area contributed by atoms with Gasteiger partial charge in [0.05, 0.1) is 34.2 Å². The van der Waals surface area contributed by atoms with Crippen molar-refractivity contribution in [2.45, 2.75) is 31.0 Å². The molecule has 0 rings (SSSR count). The number of carboxylic acids is 2. The van der Waals surface area contributed by atoms with Gasteiger partial charge >= 0.3 is 47.4 Å². The van der Waals surface area contributed by atoms with E-state index in [9.17, 15) is 38.7 Å². The summed E-state index contributed by atoms with van der Waals surface area (Å²) in [6, 6.07) is 0. The molecule has 0 fully saturated rings. The summed E-state index contributed by atoms with van der Waals surface area (Å²) in [5.41, 5.74) is -6.40. The van der Waals surface area contributed by atoms with Gasteiger partial charge in [-0.25, -0.2) is 19.2 Å². The molecule has 1 atom stereocenters. The molecule has 14 nitrogen and oxygen atoms in total. The number of carboxylic acid groups (broad SMARTS) is 2. The van der Waals surface area contributed by atoms with Gasteiger partial charge in [-0.1, -0.05) is 0 Å². The van der Waals surface area contributed by atoms with Gasteiger partial charge in [0, 0.05) is 6.92 Å². The maximum atomic E-state index is 12.3. The molecule has 1 unspecified atom stereocenters. The first-order valence-electron chi connectivity index (χ1n) is 7.44. The first-order chi connectivity index (χ1) is 13.3. The molecule has 0 aliphatic carbocycles. The van der Waals surface area contributed by atoms with Crippen molar-refractivity contribution in [3.8, 4) is 0 Å². The number of ether oxygens (including phenoxy) is 5. The van der Waals surface area contributed by atoms with E-state index in [0.29, 0.717) is 0 Å². The minimum atomic E-state index is -3.43. The summed E-state index contributed by atoms with van der Waals surface area (Å²) in [5.74, 6) is -12.1. The van der Waals surface area contributed by atoms with Gasteiger partial charge in [0.15, 0.2) is 0 Å². The molecule has 0 aromatic heterocycles. The van der Waals surface area contributed by atoms with Crippen LogP contribution in [0.4, 0.5) is 0 Å². The number of carbonyl (C=O) groups is 7. The Morgan fingerprint density at radius 3 is 1.41 bits per heavy atom. The van der Waals surface area contributed by atoms with Crippen LogP contribution < -0.4 is 0 Å². The van der Waals surface area contributed by atoms with Crippen LogP contribution in [0.25, 0.3) is 0 Å². The third-order valence-corrected chi connectivity index (χ3v) is 3.28. The van der Waals surface area contributed by atoms with Crippen LogP contribution in [0, 0.1) is 0 Å². The first kappa shape index (κ1) is 25.3. The van der Waals surface area contributed by atoms with Gasteiger partial charge in [0.25, 0.3) is 0 Å². The molecule has 0 saturated carbocycles. The van der Waals surface area contributed by atoms with Crippen molar-refractivity contribution in [2.24, 2.45) is 0 Å². The number of esters is 5. The lowest BCUT2D eigenvalue weighted by molar-refractivity contribution is -0.207. The van der Waals surface area contributed by atoms with E-state index in [1.807, 2.05) is 0 Å². The van der Waals surface area contributed by atoms with E-state index >= 15 is 0 Å². The molecule has 0 saturated heterocycles. The van der Waals surface area contributed by atoms with E-state index in [4.69, 9.17) is 5.11 Å². The highest BCUT2D eigenvalue weighted by Crippen LogP contribution is 2.26. The molecule has 0 aromatic carbocycles. The number of carbonyl (C=O) groups excluding carboxylic acids is 5. The fourth-order valence-electron chi connectivity index (χ4n) is 2.10. The molecule has 0 spiro atoms. The normalized spacial score (nSPS) is 12.6. The van der Waals surface area contributed by atoms with Crippen molar-refractivity contribution >= 4 is 41.8 Å². The molecule has 0 aliphatic rings. The standard InChI is InChI=1S/C15H18O14/c1-7(16)28-14(10(20)21,5-8(17)18)6-9(19)29-15(11(22)25-2,12(23)26-3)13(24)27-4/h5-6H2,1-4H3,(H,17,18)(H,20,21). The SMILES string of the molecule is COC(=O)C(OC(=O)CC(CC(=O)O)(OC(C)=O)C(=O)O)(C(=O)OC)C(=O)OC. The predicted molar refractivity (Wildman–Crippen MR) is 83.9 cm³/mol. The summed E-state index contributed by atoms with van der Waals surface area (Å²) < 4.78 is 21.8. The number of rotatable bonds is 10. The lowest BCUT2D eigenvalue weighted by Gasteiger charge is -2.29. The van der Waals surface area contributed by atoms with Crippen LogP contribution in [-0.2, 0) is 57.2 Å². The smallest absolute Gasteiger partial charge is 0.400 e. The zero-order chi connectivity index (χ0) is 23.0. The zero-order valence-corrected chi connectivity index (χ0v) is 15.7. The fraction of sp³-hybridized carbons (Fsp3) is 0.533. The van der Waals surface area contributed by atoms with Gasteiger partial charge < -0.3 is 33.9 Å². The second-order valence-electron chi connectivity index (χ2n) is 5.27. The summed E-state index contributed by atoms with van der Waals surface area (Å²) in [7, 11) is 2.17. The topological polar surface area (TPSA) is 206 Å². The van der Waals surface area contributed by atoms with Crippen LogP contribution >= 0.6 is 0 Å². The molecule has 14 heteroatoms. The Morgan fingerprint density at radius 1 is 0.724 bits per heavy atom. The van der Waals surface area contributed by atoms with Gasteiger partial charge in [-0.05, 0) is 0 Å². The van der Waals surface area contributed by atoms with Crippen molar-refractivity contribution in [2.75, 3.05) is 21.3 Å². The number of methoxy groups -OCH3 is 3. The molecular weight excluding hydrogens is 404 g/mol. The van der Waals surface area contributed by atoms with E-state index in [0.717, 1.165) is 28.3 Å². The number of hydrogen-bond acceptors (Lipinski definition) is 12. The third kappa shape index (κ3) is 5.63. The Bertz CT molecular complexity index is 664. The minimum Gasteiger partial charge on any atom is -0.481 e. The van der Waals surface area contributed by atoms with Crippen molar-refractivity contribution in [1.82, 2.24) is 0 Å². The number of aliphatic carboxylic acids is 2. The quantitative estimate of drug-likeness (QED) is 0.223. The summed E-state index contributed by atoms with van der Waals surface area (Å²) >= 11 is 0. The molecule has 29 heavy (non-hydrogen) atoms. The van der Waals surface area contributed by atoms with Crippen LogP contribution in [-0.4, -0.2) is 84.5 Å². The molecule has 0 aliphatic heterocycles. The lowest BCUT2D eigenvalue weighted by Crippen LogP contribution is -2.59. The van der Waals surface area contributed by atoms with Crippen LogP contribution in [0.1, 0.15) is 19.8 Å². The number of hydrogen-bond donors (Lipinski definition) is 2. The van der Waals surface area contributed by atoms with Crippen LogP contribution in [0.5, 0.6) is 0 Å². The van der Waals surface area contributed by atoms with Gasteiger partial charge in [-0.3, -0.25) is 14.4 Å². The molecule has 0 heterocycles. The fourth-order valence-corrected chi connectivity index (χ4v) is 2.10. The van der Waals surface area contributed by atoms with Crippen LogP contribution in [0.15, 0.2) is 0 Å². The summed E-state index contributed by atoms with van der Waals surface area (Å²) in [6.07, 6.45) is -2.89.